The lowest BCUT2D eigenvalue weighted by atomic mass is 10.2. The second-order valence-electron chi connectivity index (χ2n) is 6.54. The van der Waals surface area contributed by atoms with Gasteiger partial charge in [0.1, 0.15) is 11.6 Å². The first-order valence-corrected chi connectivity index (χ1v) is 8.97. The van der Waals surface area contributed by atoms with Crippen LogP contribution < -0.4 is 5.32 Å². The summed E-state index contributed by atoms with van der Waals surface area (Å²) in [5, 5.41) is 2.83. The summed E-state index contributed by atoms with van der Waals surface area (Å²) in [6, 6.07) is 12.9. The number of nitrogens with one attached hydrogen (secondary N) is 1. The average molecular weight is 367 g/mol. The van der Waals surface area contributed by atoms with Gasteiger partial charge >= 0.3 is 0 Å². The van der Waals surface area contributed by atoms with E-state index in [1.54, 1.807) is 6.92 Å². The lowest BCUT2D eigenvalue weighted by Crippen LogP contribution is -2.25. The van der Waals surface area contributed by atoms with Crippen molar-refractivity contribution in [2.24, 2.45) is 0 Å². The summed E-state index contributed by atoms with van der Waals surface area (Å²) < 4.78 is 14.9. The van der Waals surface area contributed by atoms with E-state index in [9.17, 15) is 14.0 Å². The third-order valence-electron chi connectivity index (χ3n) is 4.61. The quantitative estimate of drug-likeness (QED) is 0.648. The molecule has 0 saturated heterocycles. The van der Waals surface area contributed by atoms with Gasteiger partial charge in [0.05, 0.1) is 17.1 Å². The molecular formula is C21H22FN3O2. The molecule has 0 aliphatic rings. The van der Waals surface area contributed by atoms with Gasteiger partial charge in [-0.15, -0.1) is 0 Å². The first-order valence-electron chi connectivity index (χ1n) is 8.97. The Morgan fingerprint density at radius 3 is 2.56 bits per heavy atom. The molecule has 1 atom stereocenters. The topological polar surface area (TPSA) is 64.0 Å². The highest BCUT2D eigenvalue weighted by Crippen LogP contribution is 2.22. The third-order valence-corrected chi connectivity index (χ3v) is 4.61. The van der Waals surface area contributed by atoms with E-state index in [4.69, 9.17) is 0 Å². The van der Waals surface area contributed by atoms with Crippen LogP contribution in [0, 0.1) is 5.82 Å². The molecular weight excluding hydrogens is 345 g/mol. The number of para-hydroxylation sites is 2. The summed E-state index contributed by atoms with van der Waals surface area (Å²) in [6.45, 7) is 3.91. The number of aromatic nitrogens is 2. The monoisotopic (exact) mass is 367 g/mol. The Morgan fingerprint density at radius 1 is 1.15 bits per heavy atom. The average Bonchev–Trinajstić information content (AvgIpc) is 3.03. The van der Waals surface area contributed by atoms with Crippen LogP contribution >= 0.6 is 0 Å². The van der Waals surface area contributed by atoms with Crippen LogP contribution in [0.4, 0.5) is 4.39 Å². The fourth-order valence-corrected chi connectivity index (χ4v) is 3.04. The number of rotatable bonds is 7. The number of halogens is 1. The van der Waals surface area contributed by atoms with Crippen molar-refractivity contribution in [1.29, 1.82) is 0 Å². The first-order chi connectivity index (χ1) is 13.0. The van der Waals surface area contributed by atoms with Gasteiger partial charge in [0.15, 0.2) is 5.78 Å². The number of hydrogen-bond acceptors (Lipinski definition) is 3. The van der Waals surface area contributed by atoms with Crippen molar-refractivity contribution < 1.29 is 14.0 Å². The largest absolute Gasteiger partial charge is 0.352 e. The molecule has 1 aromatic heterocycles. The molecule has 0 aliphatic carbocycles. The van der Waals surface area contributed by atoms with Crippen LogP contribution in [0.3, 0.4) is 0 Å². The van der Waals surface area contributed by atoms with Gasteiger partial charge in [-0.05, 0) is 56.7 Å². The summed E-state index contributed by atoms with van der Waals surface area (Å²) in [4.78, 5) is 28.6. The molecule has 1 unspecified atom stereocenters. The molecule has 0 fully saturated rings. The van der Waals surface area contributed by atoms with E-state index in [0.29, 0.717) is 24.9 Å². The van der Waals surface area contributed by atoms with Crippen molar-refractivity contribution in [1.82, 2.24) is 14.9 Å². The zero-order chi connectivity index (χ0) is 19.4. The zero-order valence-electron chi connectivity index (χ0n) is 15.4. The molecule has 0 saturated carbocycles. The number of benzene rings is 2. The Hall–Kier alpha value is -3.02. The van der Waals surface area contributed by atoms with E-state index < -0.39 is 0 Å². The van der Waals surface area contributed by atoms with Crippen LogP contribution in [0.15, 0.2) is 48.5 Å². The Labute approximate surface area is 157 Å². The molecule has 6 heteroatoms. The normalized spacial score (nSPS) is 12.1. The Kier molecular flexibility index (Phi) is 5.64. The second-order valence-corrected chi connectivity index (χ2v) is 6.54. The van der Waals surface area contributed by atoms with Crippen molar-refractivity contribution in [2.45, 2.75) is 32.7 Å². The number of fused-ring (bicyclic) bond motifs is 1. The van der Waals surface area contributed by atoms with Crippen molar-refractivity contribution in [3.63, 3.8) is 0 Å². The minimum absolute atomic E-state index is 0.0732. The highest BCUT2D eigenvalue weighted by molar-refractivity contribution is 5.94. The Morgan fingerprint density at radius 2 is 1.85 bits per heavy atom. The number of ketones is 1. The first kappa shape index (κ1) is 18.8. The van der Waals surface area contributed by atoms with Crippen molar-refractivity contribution in [3.05, 3.63) is 65.7 Å². The summed E-state index contributed by atoms with van der Waals surface area (Å²) >= 11 is 0. The number of carbonyl (C=O) groups excluding carboxylic acids is 2. The molecule has 0 aliphatic heterocycles. The SMILES string of the molecule is CC(=O)C(C)n1c(CCCNC(=O)c2ccc(F)cc2)nc2ccccc21. The summed E-state index contributed by atoms with van der Waals surface area (Å²) in [7, 11) is 0. The van der Waals surface area contributed by atoms with E-state index in [2.05, 4.69) is 10.3 Å². The predicted molar refractivity (Wildman–Crippen MR) is 102 cm³/mol. The Balaban J connectivity index is 1.66. The second kappa shape index (κ2) is 8.12. The van der Waals surface area contributed by atoms with Gasteiger partial charge in [-0.2, -0.15) is 0 Å². The van der Waals surface area contributed by atoms with Crippen LogP contribution in [0.1, 0.15) is 42.5 Å². The molecule has 1 N–H and O–H groups in total. The number of hydrogen-bond donors (Lipinski definition) is 1. The fourth-order valence-electron chi connectivity index (χ4n) is 3.04. The van der Waals surface area contributed by atoms with E-state index in [1.165, 1.54) is 24.3 Å². The highest BCUT2D eigenvalue weighted by Gasteiger charge is 2.18. The molecule has 1 amide bonds. The highest BCUT2D eigenvalue weighted by atomic mass is 19.1. The van der Waals surface area contributed by atoms with Crippen LogP contribution in [0.25, 0.3) is 11.0 Å². The van der Waals surface area contributed by atoms with Gasteiger partial charge in [-0.25, -0.2) is 9.37 Å². The van der Waals surface area contributed by atoms with Crippen molar-refractivity contribution in [2.75, 3.05) is 6.54 Å². The maximum atomic E-state index is 12.9. The van der Waals surface area contributed by atoms with Gasteiger partial charge in [0, 0.05) is 18.5 Å². The van der Waals surface area contributed by atoms with Gasteiger partial charge in [-0.3, -0.25) is 9.59 Å². The van der Waals surface area contributed by atoms with Gasteiger partial charge in [0.25, 0.3) is 5.91 Å². The van der Waals surface area contributed by atoms with Crippen LogP contribution in [-0.4, -0.2) is 27.8 Å². The van der Waals surface area contributed by atoms with E-state index >= 15 is 0 Å². The molecule has 0 radical (unpaired) electrons. The number of carbonyl (C=O) groups is 2. The number of aryl methyl sites for hydroxylation is 1. The fraction of sp³-hybridized carbons (Fsp3) is 0.286. The molecule has 140 valence electrons. The van der Waals surface area contributed by atoms with Gasteiger partial charge in [0.2, 0.25) is 0 Å². The lowest BCUT2D eigenvalue weighted by molar-refractivity contribution is -0.119. The summed E-state index contributed by atoms with van der Waals surface area (Å²) in [5.41, 5.74) is 2.22. The molecule has 0 bridgehead atoms. The van der Waals surface area contributed by atoms with Gasteiger partial charge < -0.3 is 9.88 Å². The molecule has 2 aromatic carbocycles. The Bertz CT molecular complexity index is 963. The van der Waals surface area contributed by atoms with E-state index in [-0.39, 0.29) is 23.5 Å². The van der Waals surface area contributed by atoms with E-state index in [0.717, 1.165) is 16.9 Å². The maximum absolute atomic E-state index is 12.9. The number of Topliss-reactive ketones (excluding diaryl/α,β-unsaturated/α-hetero) is 1. The minimum atomic E-state index is -0.370. The maximum Gasteiger partial charge on any atom is 0.251 e. The molecule has 3 rings (SSSR count). The smallest absolute Gasteiger partial charge is 0.251 e. The molecule has 1 heterocycles. The molecule has 0 spiro atoms. The lowest BCUT2D eigenvalue weighted by Gasteiger charge is -2.15. The van der Waals surface area contributed by atoms with Crippen molar-refractivity contribution in [3.8, 4) is 0 Å². The predicted octanol–water partition coefficient (Wildman–Crippen LogP) is 3.69. The van der Waals surface area contributed by atoms with Crippen LogP contribution in [0.5, 0.6) is 0 Å². The summed E-state index contributed by atoms with van der Waals surface area (Å²) in [6.07, 6.45) is 1.32. The molecule has 5 nitrogen and oxygen atoms in total. The number of amides is 1. The molecule has 3 aromatic rings. The van der Waals surface area contributed by atoms with Gasteiger partial charge in [-0.1, -0.05) is 12.1 Å². The number of nitrogens with zero attached hydrogens (tertiary/aromatic N) is 2. The minimum Gasteiger partial charge on any atom is -0.352 e. The standard InChI is InChI=1S/C21H22FN3O2/c1-14(15(2)26)25-19-7-4-3-6-18(19)24-20(25)8-5-13-23-21(27)16-9-11-17(22)12-10-16/h3-4,6-7,9-12,14H,5,8,13H2,1-2H3,(H,23,27). The van der Waals surface area contributed by atoms with Crippen molar-refractivity contribution >= 4 is 22.7 Å². The zero-order valence-corrected chi connectivity index (χ0v) is 15.4. The van der Waals surface area contributed by atoms with Crippen LogP contribution in [-0.2, 0) is 11.2 Å². The van der Waals surface area contributed by atoms with Crippen LogP contribution in [0.2, 0.25) is 0 Å². The third kappa shape index (κ3) is 4.22. The number of imidazole rings is 1. The summed E-state index contributed by atoms with van der Waals surface area (Å²) in [5.74, 6) is 0.296. The molecule has 27 heavy (non-hydrogen) atoms. The van der Waals surface area contributed by atoms with E-state index in [1.807, 2.05) is 35.8 Å².